The predicted octanol–water partition coefficient (Wildman–Crippen LogP) is 2.88. The van der Waals surface area contributed by atoms with Crippen LogP contribution in [0.2, 0.25) is 0 Å². The number of anilines is 1. The number of benzene rings is 1. The van der Waals surface area contributed by atoms with E-state index in [4.69, 9.17) is 4.74 Å². The molecule has 1 atom stereocenters. The van der Waals surface area contributed by atoms with Crippen LogP contribution < -0.4 is 5.32 Å². The lowest BCUT2D eigenvalue weighted by Gasteiger charge is -2.31. The molecule has 0 spiro atoms. The Balaban J connectivity index is 1.74. The SMILES string of the molecule is COC(=O)c1cccc(NC(=O)[C@@H]2CCCN(S(=O)(=O)c3cccs3)C2)c1C. The van der Waals surface area contributed by atoms with Crippen molar-refractivity contribution in [2.24, 2.45) is 5.92 Å². The van der Waals surface area contributed by atoms with Crippen molar-refractivity contribution < 1.29 is 22.7 Å². The van der Waals surface area contributed by atoms with Gasteiger partial charge in [0, 0.05) is 18.8 Å². The van der Waals surface area contributed by atoms with Crippen molar-refractivity contribution in [3.05, 3.63) is 46.8 Å². The first kappa shape index (κ1) is 20.5. The summed E-state index contributed by atoms with van der Waals surface area (Å²) in [5.41, 5.74) is 1.51. The summed E-state index contributed by atoms with van der Waals surface area (Å²) in [6, 6.07) is 8.28. The van der Waals surface area contributed by atoms with Gasteiger partial charge in [-0.1, -0.05) is 12.1 Å². The number of rotatable bonds is 5. The minimum atomic E-state index is -3.58. The number of hydrogen-bond acceptors (Lipinski definition) is 6. The third-order valence-electron chi connectivity index (χ3n) is 4.84. The highest BCUT2D eigenvalue weighted by molar-refractivity contribution is 7.91. The number of amides is 1. The van der Waals surface area contributed by atoms with Crippen molar-refractivity contribution >= 4 is 38.9 Å². The zero-order chi connectivity index (χ0) is 20.3. The molecule has 2 aromatic rings. The highest BCUT2D eigenvalue weighted by Crippen LogP contribution is 2.28. The molecule has 1 aromatic carbocycles. The molecule has 2 heterocycles. The van der Waals surface area contributed by atoms with Gasteiger partial charge in [-0.3, -0.25) is 4.79 Å². The second kappa shape index (κ2) is 8.42. The topological polar surface area (TPSA) is 92.8 Å². The van der Waals surface area contributed by atoms with Crippen LogP contribution in [0.4, 0.5) is 5.69 Å². The fourth-order valence-electron chi connectivity index (χ4n) is 3.25. The summed E-state index contributed by atoms with van der Waals surface area (Å²) in [5, 5.41) is 4.56. The largest absolute Gasteiger partial charge is 0.465 e. The van der Waals surface area contributed by atoms with Gasteiger partial charge >= 0.3 is 5.97 Å². The molecule has 9 heteroatoms. The molecular formula is C19H22N2O5S2. The number of methoxy groups -OCH3 is 1. The maximum atomic E-state index is 12.8. The molecule has 1 aliphatic heterocycles. The van der Waals surface area contributed by atoms with Gasteiger partial charge in [-0.15, -0.1) is 11.3 Å². The third kappa shape index (κ3) is 4.11. The Kier molecular flexibility index (Phi) is 6.17. The fourth-order valence-corrected chi connectivity index (χ4v) is 5.92. The number of sulfonamides is 1. The molecule has 3 rings (SSSR count). The second-order valence-electron chi connectivity index (χ2n) is 6.59. The summed E-state index contributed by atoms with van der Waals surface area (Å²) in [7, 11) is -2.27. The summed E-state index contributed by atoms with van der Waals surface area (Å²) < 4.78 is 31.9. The van der Waals surface area contributed by atoms with Gasteiger partial charge in [0.25, 0.3) is 10.0 Å². The zero-order valence-electron chi connectivity index (χ0n) is 15.7. The van der Waals surface area contributed by atoms with E-state index in [1.54, 1.807) is 42.6 Å². The van der Waals surface area contributed by atoms with Crippen LogP contribution in [-0.2, 0) is 19.6 Å². The van der Waals surface area contributed by atoms with Crippen LogP contribution in [0.15, 0.2) is 39.9 Å². The first-order valence-corrected chi connectivity index (χ1v) is 11.2. The molecular weight excluding hydrogens is 400 g/mol. The number of carbonyl (C=O) groups is 2. The lowest BCUT2D eigenvalue weighted by molar-refractivity contribution is -0.120. The molecule has 1 aliphatic rings. The lowest BCUT2D eigenvalue weighted by Crippen LogP contribution is -2.43. The van der Waals surface area contributed by atoms with E-state index in [0.717, 1.165) is 0 Å². The van der Waals surface area contributed by atoms with Crippen molar-refractivity contribution in [2.45, 2.75) is 24.0 Å². The molecule has 1 N–H and O–H groups in total. The van der Waals surface area contributed by atoms with Crippen molar-refractivity contribution in [3.8, 4) is 0 Å². The Morgan fingerprint density at radius 1 is 1.25 bits per heavy atom. The molecule has 7 nitrogen and oxygen atoms in total. The van der Waals surface area contributed by atoms with E-state index in [9.17, 15) is 18.0 Å². The first-order chi connectivity index (χ1) is 13.3. The molecule has 0 aliphatic carbocycles. The average Bonchev–Trinajstić information content (AvgIpc) is 3.25. The van der Waals surface area contributed by atoms with Gasteiger partial charge in [0.15, 0.2) is 0 Å². The molecule has 28 heavy (non-hydrogen) atoms. The van der Waals surface area contributed by atoms with Gasteiger partial charge in [-0.25, -0.2) is 13.2 Å². The van der Waals surface area contributed by atoms with E-state index >= 15 is 0 Å². The number of nitrogens with zero attached hydrogens (tertiary/aromatic N) is 1. The average molecular weight is 423 g/mol. The maximum absolute atomic E-state index is 12.8. The smallest absolute Gasteiger partial charge is 0.338 e. The van der Waals surface area contributed by atoms with Crippen LogP contribution in [0.25, 0.3) is 0 Å². The summed E-state index contributed by atoms with van der Waals surface area (Å²) >= 11 is 1.17. The maximum Gasteiger partial charge on any atom is 0.338 e. The molecule has 1 amide bonds. The summed E-state index contributed by atoms with van der Waals surface area (Å²) in [6.07, 6.45) is 1.22. The molecule has 0 unspecified atom stereocenters. The van der Waals surface area contributed by atoms with Gasteiger partial charge < -0.3 is 10.1 Å². The van der Waals surface area contributed by atoms with Crippen LogP contribution in [0.3, 0.4) is 0 Å². The Labute approximate surface area is 168 Å². The highest BCUT2D eigenvalue weighted by atomic mass is 32.2. The molecule has 1 saturated heterocycles. The lowest BCUT2D eigenvalue weighted by atomic mass is 9.98. The number of piperidine rings is 1. The number of hydrogen-bond donors (Lipinski definition) is 1. The first-order valence-electron chi connectivity index (χ1n) is 8.87. The van der Waals surface area contributed by atoms with Gasteiger partial charge in [0.05, 0.1) is 18.6 Å². The summed E-state index contributed by atoms with van der Waals surface area (Å²) in [4.78, 5) is 24.6. The van der Waals surface area contributed by atoms with Gasteiger partial charge in [-0.2, -0.15) is 4.31 Å². The number of thiophene rings is 1. The van der Waals surface area contributed by atoms with Crippen molar-refractivity contribution in [1.29, 1.82) is 0 Å². The van der Waals surface area contributed by atoms with Crippen LogP contribution in [0.5, 0.6) is 0 Å². The van der Waals surface area contributed by atoms with E-state index < -0.39 is 21.9 Å². The molecule has 0 radical (unpaired) electrons. The Morgan fingerprint density at radius 2 is 2.04 bits per heavy atom. The van der Waals surface area contributed by atoms with E-state index in [2.05, 4.69) is 5.32 Å². The number of carbonyl (C=O) groups excluding carboxylic acids is 2. The minimum Gasteiger partial charge on any atom is -0.465 e. The summed E-state index contributed by atoms with van der Waals surface area (Å²) in [5.74, 6) is -1.18. The second-order valence-corrected chi connectivity index (χ2v) is 9.71. The quantitative estimate of drug-likeness (QED) is 0.748. The molecule has 1 fully saturated rings. The number of nitrogens with one attached hydrogen (secondary N) is 1. The van der Waals surface area contributed by atoms with Crippen LogP contribution in [0.1, 0.15) is 28.8 Å². The van der Waals surface area contributed by atoms with Crippen molar-refractivity contribution in [2.75, 3.05) is 25.5 Å². The third-order valence-corrected chi connectivity index (χ3v) is 8.08. The monoisotopic (exact) mass is 422 g/mol. The number of esters is 1. The van der Waals surface area contributed by atoms with Crippen LogP contribution >= 0.6 is 11.3 Å². The van der Waals surface area contributed by atoms with E-state index in [1.807, 2.05) is 0 Å². The van der Waals surface area contributed by atoms with Gasteiger partial charge in [0.2, 0.25) is 5.91 Å². The summed E-state index contributed by atoms with van der Waals surface area (Å²) in [6.45, 7) is 2.28. The molecule has 1 aromatic heterocycles. The Hall–Kier alpha value is -2.23. The van der Waals surface area contributed by atoms with E-state index in [1.165, 1.54) is 22.8 Å². The van der Waals surface area contributed by atoms with E-state index in [-0.39, 0.29) is 16.7 Å². The van der Waals surface area contributed by atoms with Gasteiger partial charge in [0.1, 0.15) is 4.21 Å². The van der Waals surface area contributed by atoms with Crippen LogP contribution in [0, 0.1) is 12.8 Å². The van der Waals surface area contributed by atoms with Crippen molar-refractivity contribution in [3.63, 3.8) is 0 Å². The predicted molar refractivity (Wildman–Crippen MR) is 107 cm³/mol. The normalized spacial score (nSPS) is 17.9. The molecule has 0 bridgehead atoms. The fraction of sp³-hybridized carbons (Fsp3) is 0.368. The number of ether oxygens (including phenoxy) is 1. The Morgan fingerprint density at radius 3 is 2.71 bits per heavy atom. The van der Waals surface area contributed by atoms with Gasteiger partial charge in [-0.05, 0) is 48.9 Å². The Bertz CT molecular complexity index is 970. The van der Waals surface area contributed by atoms with Crippen LogP contribution in [-0.4, -0.2) is 44.8 Å². The minimum absolute atomic E-state index is 0.141. The highest BCUT2D eigenvalue weighted by Gasteiger charge is 2.34. The van der Waals surface area contributed by atoms with E-state index in [0.29, 0.717) is 36.2 Å². The zero-order valence-corrected chi connectivity index (χ0v) is 17.3. The van der Waals surface area contributed by atoms with Crippen molar-refractivity contribution in [1.82, 2.24) is 4.31 Å². The molecule has 150 valence electrons. The molecule has 0 saturated carbocycles. The standard InChI is InChI=1S/C19H22N2O5S2/c1-13-15(19(23)26-2)7-3-8-16(13)20-18(22)14-6-4-10-21(12-14)28(24,25)17-9-5-11-27-17/h3,5,7-9,11,14H,4,6,10,12H2,1-2H3,(H,20,22)/t14-/m1/s1.